The maximum absolute atomic E-state index is 10.9. The third-order valence-corrected chi connectivity index (χ3v) is 9.69. The minimum Gasteiger partial charge on any atom is -0.496 e. The number of likely N-dealkylation sites (N-methyl/N-ethyl adjacent to an activating group) is 1. The number of nitrogens with zero attached hydrogens (tertiary/aromatic N) is 3. The molecule has 2 unspecified atom stereocenters. The van der Waals surface area contributed by atoms with E-state index in [1.807, 2.05) is 18.2 Å². The van der Waals surface area contributed by atoms with E-state index in [-0.39, 0.29) is 11.5 Å². The van der Waals surface area contributed by atoms with Crippen molar-refractivity contribution in [1.82, 2.24) is 5.06 Å². The maximum Gasteiger partial charge on any atom is 0.161 e. The van der Waals surface area contributed by atoms with Gasteiger partial charge in [-0.15, -0.1) is 0 Å². The molecule has 0 aliphatic carbocycles. The van der Waals surface area contributed by atoms with Crippen molar-refractivity contribution in [2.24, 2.45) is 5.92 Å². The van der Waals surface area contributed by atoms with E-state index in [1.54, 1.807) is 21.3 Å². The van der Waals surface area contributed by atoms with Gasteiger partial charge < -0.3 is 23.9 Å². The summed E-state index contributed by atoms with van der Waals surface area (Å²) in [7, 11) is 7.34. The fraction of sp³-hybridized carbons (Fsp3) is 0.595. The van der Waals surface area contributed by atoms with Crippen molar-refractivity contribution < 1.29 is 23.9 Å². The second-order valence-corrected chi connectivity index (χ2v) is 14.4. The van der Waals surface area contributed by atoms with Crippen LogP contribution in [0.3, 0.4) is 0 Å². The van der Waals surface area contributed by atoms with E-state index in [9.17, 15) is 10.5 Å². The average molecular weight is 607 g/mol. The van der Waals surface area contributed by atoms with E-state index in [1.165, 1.54) is 16.2 Å². The van der Waals surface area contributed by atoms with Crippen LogP contribution in [-0.2, 0) is 11.8 Å². The highest BCUT2D eigenvalue weighted by Crippen LogP contribution is 2.41. The fourth-order valence-corrected chi connectivity index (χ4v) is 7.17. The molecular weight excluding hydrogens is 550 g/mol. The number of ether oxygens (including phenoxy) is 3. The van der Waals surface area contributed by atoms with Gasteiger partial charge in [0.2, 0.25) is 0 Å². The van der Waals surface area contributed by atoms with Gasteiger partial charge in [-0.2, -0.15) is 10.3 Å². The van der Waals surface area contributed by atoms with Crippen LogP contribution in [0, 0.1) is 24.2 Å². The van der Waals surface area contributed by atoms with E-state index < -0.39 is 11.0 Å². The third kappa shape index (κ3) is 7.77. The molecule has 0 spiro atoms. The average Bonchev–Trinajstić information content (AvgIpc) is 2.97. The molecule has 2 atom stereocenters. The first-order valence-corrected chi connectivity index (χ1v) is 15.9. The number of aryl methyl sites for hydroxylation is 1. The lowest BCUT2D eigenvalue weighted by atomic mass is 9.69. The molecule has 7 heteroatoms. The highest BCUT2D eigenvalue weighted by Gasteiger charge is 2.42. The first-order valence-electron chi connectivity index (χ1n) is 15.9. The molecule has 242 valence electrons. The van der Waals surface area contributed by atoms with Gasteiger partial charge in [0.05, 0.1) is 58.5 Å². The Balaban J connectivity index is 1.92. The molecule has 1 aliphatic rings. The van der Waals surface area contributed by atoms with Gasteiger partial charge in [0.25, 0.3) is 0 Å². The molecular formula is C37H56N3O4+. The SMILES string of the molecule is COc1cc(CC[N+](C)(CCCC(C#N)(c2ccc(OC)c(OC)c2)C(C)C)CC2=CC(C)(C)N(O)C(C)(C)C2)ccc1C. The van der Waals surface area contributed by atoms with Crippen molar-refractivity contribution >= 4 is 0 Å². The topological polar surface area (TPSA) is 75.0 Å². The Morgan fingerprint density at radius 2 is 1.64 bits per heavy atom. The fourth-order valence-electron chi connectivity index (χ4n) is 7.17. The zero-order chi connectivity index (χ0) is 32.9. The van der Waals surface area contributed by atoms with Crippen LogP contribution in [0.15, 0.2) is 48.0 Å². The van der Waals surface area contributed by atoms with Gasteiger partial charge in [-0.3, -0.25) is 0 Å². The Morgan fingerprint density at radius 1 is 0.977 bits per heavy atom. The van der Waals surface area contributed by atoms with Crippen LogP contribution in [0.1, 0.15) is 77.5 Å². The number of nitriles is 1. The van der Waals surface area contributed by atoms with Gasteiger partial charge in [-0.05, 0) is 100 Å². The van der Waals surface area contributed by atoms with Crippen LogP contribution in [0.25, 0.3) is 0 Å². The van der Waals surface area contributed by atoms with E-state index in [0.29, 0.717) is 11.5 Å². The first-order chi connectivity index (χ1) is 20.6. The summed E-state index contributed by atoms with van der Waals surface area (Å²) < 4.78 is 17.5. The molecule has 1 N–H and O–H groups in total. The summed E-state index contributed by atoms with van der Waals surface area (Å²) in [5.41, 5.74) is 3.27. The second-order valence-electron chi connectivity index (χ2n) is 14.4. The van der Waals surface area contributed by atoms with Crippen LogP contribution in [-0.4, -0.2) is 73.8 Å². The molecule has 0 aromatic heterocycles. The highest BCUT2D eigenvalue weighted by atomic mass is 16.5. The zero-order valence-electron chi connectivity index (χ0n) is 29.1. The summed E-state index contributed by atoms with van der Waals surface area (Å²) in [6.07, 6.45) is 5.60. The molecule has 0 bridgehead atoms. The van der Waals surface area contributed by atoms with E-state index in [2.05, 4.69) is 85.9 Å². The van der Waals surface area contributed by atoms with Gasteiger partial charge in [0.15, 0.2) is 11.5 Å². The number of methoxy groups -OCH3 is 3. The predicted molar refractivity (Wildman–Crippen MR) is 178 cm³/mol. The van der Waals surface area contributed by atoms with Crippen molar-refractivity contribution in [3.8, 4) is 23.3 Å². The summed E-state index contributed by atoms with van der Waals surface area (Å²) in [4.78, 5) is 0. The second kappa shape index (κ2) is 13.9. The van der Waals surface area contributed by atoms with Gasteiger partial charge >= 0.3 is 0 Å². The quantitative estimate of drug-likeness (QED) is 0.177. The van der Waals surface area contributed by atoms with Crippen LogP contribution in [0.5, 0.6) is 17.2 Å². The van der Waals surface area contributed by atoms with Crippen LogP contribution < -0.4 is 14.2 Å². The summed E-state index contributed by atoms with van der Waals surface area (Å²) in [6.45, 7) is 17.5. The van der Waals surface area contributed by atoms with Crippen LogP contribution >= 0.6 is 0 Å². The number of benzene rings is 2. The number of hydrogen-bond donors (Lipinski definition) is 1. The molecule has 1 aliphatic heterocycles. The predicted octanol–water partition coefficient (Wildman–Crippen LogP) is 7.49. The lowest BCUT2D eigenvalue weighted by Crippen LogP contribution is -2.57. The molecule has 0 amide bonds. The van der Waals surface area contributed by atoms with Crippen molar-refractivity contribution in [2.45, 2.75) is 90.6 Å². The smallest absolute Gasteiger partial charge is 0.161 e. The largest absolute Gasteiger partial charge is 0.496 e. The Kier molecular flexibility index (Phi) is 11.2. The van der Waals surface area contributed by atoms with Crippen molar-refractivity contribution in [3.05, 3.63) is 64.7 Å². The molecule has 2 aromatic rings. The zero-order valence-corrected chi connectivity index (χ0v) is 29.1. The van der Waals surface area contributed by atoms with E-state index in [4.69, 9.17) is 14.2 Å². The third-order valence-electron chi connectivity index (χ3n) is 9.69. The normalized spacial score (nSPS) is 19.0. The summed E-state index contributed by atoms with van der Waals surface area (Å²) >= 11 is 0. The Labute approximate surface area is 266 Å². The van der Waals surface area contributed by atoms with Crippen LogP contribution in [0.2, 0.25) is 0 Å². The molecule has 0 saturated heterocycles. The van der Waals surface area contributed by atoms with Gasteiger partial charge in [0, 0.05) is 12.0 Å². The summed E-state index contributed by atoms with van der Waals surface area (Å²) in [5, 5.41) is 23.1. The lowest BCUT2D eigenvalue weighted by Gasteiger charge is -2.48. The van der Waals surface area contributed by atoms with Gasteiger partial charge in [-0.25, -0.2) is 0 Å². The summed E-state index contributed by atoms with van der Waals surface area (Å²) in [5.74, 6) is 2.34. The molecule has 2 aromatic carbocycles. The minimum absolute atomic E-state index is 0.113. The van der Waals surface area contributed by atoms with Gasteiger partial charge in [-0.1, -0.05) is 38.1 Å². The molecule has 0 radical (unpaired) electrons. The van der Waals surface area contributed by atoms with Crippen molar-refractivity contribution in [3.63, 3.8) is 0 Å². The van der Waals surface area contributed by atoms with E-state index in [0.717, 1.165) is 66.7 Å². The molecule has 3 rings (SSSR count). The molecule has 0 fully saturated rings. The first kappa shape index (κ1) is 35.4. The van der Waals surface area contributed by atoms with Crippen molar-refractivity contribution in [1.29, 1.82) is 5.26 Å². The molecule has 1 heterocycles. The molecule has 44 heavy (non-hydrogen) atoms. The number of quaternary nitrogens is 1. The monoisotopic (exact) mass is 606 g/mol. The Hall–Kier alpha value is -3.05. The van der Waals surface area contributed by atoms with Crippen LogP contribution in [0.4, 0.5) is 0 Å². The highest BCUT2D eigenvalue weighted by molar-refractivity contribution is 5.47. The van der Waals surface area contributed by atoms with Gasteiger partial charge in [0.1, 0.15) is 12.3 Å². The maximum atomic E-state index is 10.9. The lowest BCUT2D eigenvalue weighted by molar-refractivity contribution is -0.905. The van der Waals surface area contributed by atoms with E-state index >= 15 is 0 Å². The molecule has 0 saturated carbocycles. The molecule has 7 nitrogen and oxygen atoms in total. The standard InChI is InChI=1S/C37H56N3O4/c1-27(2)37(26-38,31-15-16-32(42-9)34(22-31)44-11)18-12-19-40(8,20-17-29-14-13-28(3)33(21-29)43-10)25-30-23-35(4,5)39(41)36(6,7)24-30/h13-16,21-23,27,41H,12,17-20,24-25H2,1-11H3/q+1. The Bertz CT molecular complexity index is 1360. The number of rotatable bonds is 14. The summed E-state index contributed by atoms with van der Waals surface area (Å²) in [6, 6.07) is 15.1. The van der Waals surface area contributed by atoms with Crippen molar-refractivity contribution in [2.75, 3.05) is 48.0 Å². The Morgan fingerprint density at radius 3 is 2.20 bits per heavy atom. The number of hydrogen-bond acceptors (Lipinski definition) is 6. The number of hydroxylamine groups is 2. The minimum atomic E-state index is -0.653.